The minimum absolute atomic E-state index is 0.0526. The summed E-state index contributed by atoms with van der Waals surface area (Å²) >= 11 is 3.22. The Morgan fingerprint density at radius 1 is 0.769 bits per heavy atom. The molecule has 0 bridgehead atoms. The number of amides is 2. The summed E-state index contributed by atoms with van der Waals surface area (Å²) in [6.07, 6.45) is 10.8. The third-order valence-electron chi connectivity index (χ3n) is 3.59. The van der Waals surface area contributed by atoms with Crippen molar-refractivity contribution in [2.45, 2.75) is 25.7 Å². The Hall–Kier alpha value is -2.18. The third kappa shape index (κ3) is 8.78. The summed E-state index contributed by atoms with van der Waals surface area (Å²) in [5, 5.41) is 9.74. The Morgan fingerprint density at radius 2 is 1.23 bits per heavy atom. The maximum Gasteiger partial charge on any atom is 0.244 e. The average Bonchev–Trinajstić information content (AvgIpc) is 3.34. The van der Waals surface area contributed by atoms with E-state index in [1.165, 1.54) is 0 Å². The predicted octanol–water partition coefficient (Wildman–Crippen LogP) is 4.33. The standard InChI is InChI=1S/C20H24N2O2S2/c23-19(11-9-17-7-5-15-25-17)21-13-3-1-2-4-14-22-20(24)12-10-18-8-6-16-26-18/h5-12,15-16H,1-4,13-14H2,(H,21,23)(H,22,24). The lowest BCUT2D eigenvalue weighted by molar-refractivity contribution is -0.117. The molecule has 0 spiro atoms. The summed E-state index contributed by atoms with van der Waals surface area (Å²) < 4.78 is 0. The quantitative estimate of drug-likeness (QED) is 0.445. The predicted molar refractivity (Wildman–Crippen MR) is 111 cm³/mol. The van der Waals surface area contributed by atoms with E-state index in [0.29, 0.717) is 13.1 Å². The number of nitrogens with one attached hydrogen (secondary N) is 2. The average molecular weight is 389 g/mol. The van der Waals surface area contributed by atoms with Crippen molar-refractivity contribution < 1.29 is 9.59 Å². The van der Waals surface area contributed by atoms with Crippen LogP contribution in [0.4, 0.5) is 0 Å². The highest BCUT2D eigenvalue weighted by molar-refractivity contribution is 7.11. The van der Waals surface area contributed by atoms with Crippen molar-refractivity contribution in [2.75, 3.05) is 13.1 Å². The minimum Gasteiger partial charge on any atom is -0.353 e. The lowest BCUT2D eigenvalue weighted by Gasteiger charge is -2.04. The lowest BCUT2D eigenvalue weighted by Crippen LogP contribution is -2.23. The van der Waals surface area contributed by atoms with Crippen molar-refractivity contribution in [1.29, 1.82) is 0 Å². The van der Waals surface area contributed by atoms with E-state index in [2.05, 4.69) is 10.6 Å². The molecule has 0 aliphatic carbocycles. The van der Waals surface area contributed by atoms with Crippen LogP contribution in [-0.4, -0.2) is 24.9 Å². The van der Waals surface area contributed by atoms with Gasteiger partial charge in [0.2, 0.25) is 11.8 Å². The largest absolute Gasteiger partial charge is 0.353 e. The number of carbonyl (C=O) groups is 2. The number of hydrogen-bond donors (Lipinski definition) is 2. The number of hydrogen-bond acceptors (Lipinski definition) is 4. The molecule has 2 aromatic rings. The van der Waals surface area contributed by atoms with E-state index >= 15 is 0 Å². The van der Waals surface area contributed by atoms with Crippen LogP contribution in [0.2, 0.25) is 0 Å². The fraction of sp³-hybridized carbons (Fsp3) is 0.300. The third-order valence-corrected chi connectivity index (χ3v) is 5.26. The van der Waals surface area contributed by atoms with Gasteiger partial charge in [0.05, 0.1) is 0 Å². The van der Waals surface area contributed by atoms with Crippen LogP contribution < -0.4 is 10.6 Å². The van der Waals surface area contributed by atoms with Crippen LogP contribution in [0, 0.1) is 0 Å². The summed E-state index contributed by atoms with van der Waals surface area (Å²) in [7, 11) is 0. The smallest absolute Gasteiger partial charge is 0.244 e. The Morgan fingerprint density at radius 3 is 1.62 bits per heavy atom. The van der Waals surface area contributed by atoms with E-state index in [9.17, 15) is 9.59 Å². The molecule has 138 valence electrons. The highest BCUT2D eigenvalue weighted by Crippen LogP contribution is 2.10. The van der Waals surface area contributed by atoms with Crippen molar-refractivity contribution in [3.8, 4) is 0 Å². The number of carbonyl (C=O) groups excluding carboxylic acids is 2. The summed E-state index contributed by atoms with van der Waals surface area (Å²) in [6, 6.07) is 7.88. The monoisotopic (exact) mass is 388 g/mol. The molecule has 0 aromatic carbocycles. The first-order chi connectivity index (χ1) is 12.7. The molecule has 2 heterocycles. The van der Waals surface area contributed by atoms with Gasteiger partial charge < -0.3 is 10.6 Å². The topological polar surface area (TPSA) is 58.2 Å². The van der Waals surface area contributed by atoms with Gasteiger partial charge in [0.25, 0.3) is 0 Å². The molecule has 2 rings (SSSR count). The minimum atomic E-state index is -0.0526. The van der Waals surface area contributed by atoms with Crippen LogP contribution >= 0.6 is 22.7 Å². The van der Waals surface area contributed by atoms with Gasteiger partial charge in [0, 0.05) is 35.0 Å². The Bertz CT molecular complexity index is 642. The summed E-state index contributed by atoms with van der Waals surface area (Å²) in [4.78, 5) is 25.4. The molecule has 2 aromatic heterocycles. The van der Waals surface area contributed by atoms with Crippen LogP contribution in [0.15, 0.2) is 47.2 Å². The molecule has 0 fully saturated rings. The summed E-state index contributed by atoms with van der Waals surface area (Å²) in [6.45, 7) is 1.37. The maximum atomic E-state index is 11.6. The molecule has 0 aliphatic rings. The van der Waals surface area contributed by atoms with E-state index in [-0.39, 0.29) is 11.8 Å². The van der Waals surface area contributed by atoms with Crippen LogP contribution in [0.3, 0.4) is 0 Å². The van der Waals surface area contributed by atoms with Gasteiger partial charge in [0.1, 0.15) is 0 Å². The van der Waals surface area contributed by atoms with Gasteiger partial charge in [-0.15, -0.1) is 22.7 Å². The molecule has 0 saturated heterocycles. The van der Waals surface area contributed by atoms with Crippen molar-refractivity contribution in [3.05, 3.63) is 56.9 Å². The Kier molecular flexibility index (Phi) is 9.46. The van der Waals surface area contributed by atoms with Crippen molar-refractivity contribution in [1.82, 2.24) is 10.6 Å². The van der Waals surface area contributed by atoms with Gasteiger partial charge in [-0.1, -0.05) is 25.0 Å². The normalized spacial score (nSPS) is 11.2. The molecular weight excluding hydrogens is 364 g/mol. The van der Waals surface area contributed by atoms with E-state index < -0.39 is 0 Å². The summed E-state index contributed by atoms with van der Waals surface area (Å²) in [5.41, 5.74) is 0. The van der Waals surface area contributed by atoms with E-state index in [1.807, 2.05) is 47.2 Å². The zero-order valence-electron chi connectivity index (χ0n) is 14.6. The van der Waals surface area contributed by atoms with Gasteiger partial charge in [-0.05, 0) is 47.9 Å². The molecule has 2 amide bonds. The lowest BCUT2D eigenvalue weighted by atomic mass is 10.2. The van der Waals surface area contributed by atoms with E-state index in [0.717, 1.165) is 35.4 Å². The van der Waals surface area contributed by atoms with Crippen LogP contribution in [0.25, 0.3) is 12.2 Å². The SMILES string of the molecule is O=C(C=Cc1cccs1)NCCCCCCNC(=O)C=Cc1cccs1. The second-order valence-corrected chi connectivity index (χ2v) is 7.65. The first kappa shape index (κ1) is 20.1. The number of rotatable bonds is 11. The molecule has 26 heavy (non-hydrogen) atoms. The molecule has 2 N–H and O–H groups in total. The fourth-order valence-electron chi connectivity index (χ4n) is 2.23. The first-order valence-electron chi connectivity index (χ1n) is 8.73. The molecule has 0 saturated carbocycles. The van der Waals surface area contributed by atoms with Gasteiger partial charge in [-0.25, -0.2) is 0 Å². The van der Waals surface area contributed by atoms with Crippen LogP contribution in [0.1, 0.15) is 35.4 Å². The van der Waals surface area contributed by atoms with Crippen molar-refractivity contribution in [2.24, 2.45) is 0 Å². The molecule has 4 nitrogen and oxygen atoms in total. The maximum absolute atomic E-state index is 11.6. The Labute approximate surface area is 162 Å². The van der Waals surface area contributed by atoms with E-state index in [4.69, 9.17) is 0 Å². The first-order valence-corrected chi connectivity index (χ1v) is 10.5. The molecule has 0 unspecified atom stereocenters. The molecule has 6 heteroatoms. The summed E-state index contributed by atoms with van der Waals surface area (Å²) in [5.74, 6) is -0.105. The second-order valence-electron chi connectivity index (χ2n) is 5.69. The highest BCUT2D eigenvalue weighted by Gasteiger charge is 1.97. The zero-order chi connectivity index (χ0) is 18.5. The zero-order valence-corrected chi connectivity index (χ0v) is 16.3. The van der Waals surface area contributed by atoms with Gasteiger partial charge in [0.15, 0.2) is 0 Å². The van der Waals surface area contributed by atoms with Crippen molar-refractivity contribution >= 4 is 46.6 Å². The molecule has 0 radical (unpaired) electrons. The van der Waals surface area contributed by atoms with E-state index in [1.54, 1.807) is 34.8 Å². The van der Waals surface area contributed by atoms with Gasteiger partial charge in [-0.2, -0.15) is 0 Å². The highest BCUT2D eigenvalue weighted by atomic mass is 32.1. The fourth-order valence-corrected chi connectivity index (χ4v) is 3.47. The van der Waals surface area contributed by atoms with Gasteiger partial charge in [-0.3, -0.25) is 9.59 Å². The molecule has 0 aliphatic heterocycles. The number of unbranched alkanes of at least 4 members (excludes halogenated alkanes) is 3. The van der Waals surface area contributed by atoms with Gasteiger partial charge >= 0.3 is 0 Å². The second kappa shape index (κ2) is 12.2. The van der Waals surface area contributed by atoms with Crippen LogP contribution in [-0.2, 0) is 9.59 Å². The van der Waals surface area contributed by atoms with Crippen molar-refractivity contribution in [3.63, 3.8) is 0 Å². The number of thiophene rings is 2. The van der Waals surface area contributed by atoms with Crippen LogP contribution in [0.5, 0.6) is 0 Å². The molecule has 0 atom stereocenters. The Balaban J connectivity index is 1.43. The molecular formula is C20H24N2O2S2.